The van der Waals surface area contributed by atoms with E-state index in [9.17, 15) is 22.8 Å². The average molecular weight is 530 g/mol. The van der Waals surface area contributed by atoms with Gasteiger partial charge in [-0.1, -0.05) is 12.1 Å². The Labute approximate surface area is 206 Å². The fourth-order valence-electron chi connectivity index (χ4n) is 2.97. The van der Waals surface area contributed by atoms with E-state index in [-0.39, 0.29) is 29.0 Å². The van der Waals surface area contributed by atoms with Crippen molar-refractivity contribution in [2.24, 2.45) is 0 Å². The van der Waals surface area contributed by atoms with Crippen molar-refractivity contribution >= 4 is 51.8 Å². The molecular weight excluding hydrogens is 507 g/mol. The molecule has 0 radical (unpaired) electrons. The number of nitrogens with zero attached hydrogens (tertiary/aromatic N) is 3. The first-order chi connectivity index (χ1) is 16.1. The van der Waals surface area contributed by atoms with E-state index in [1.54, 1.807) is 0 Å². The zero-order chi connectivity index (χ0) is 24.7. The molecule has 7 nitrogen and oxygen atoms in total. The molecule has 3 rings (SSSR count). The second-order valence-electron chi connectivity index (χ2n) is 7.18. The number of hydrogen-bond donors (Lipinski definition) is 2. The van der Waals surface area contributed by atoms with Crippen LogP contribution in [0.4, 0.5) is 18.3 Å². The second kappa shape index (κ2) is 11.9. The molecule has 0 fully saturated rings. The number of alkyl halides is 3. The summed E-state index contributed by atoms with van der Waals surface area (Å²) in [6.07, 6.45) is 1.29. The highest BCUT2D eigenvalue weighted by atomic mass is 32.2. The molecule has 2 aromatic heterocycles. The molecular formula is C21H22F3N5O2S3. The lowest BCUT2D eigenvalue weighted by Crippen LogP contribution is -2.34. The maximum atomic E-state index is 12.4. The number of benzene rings is 1. The van der Waals surface area contributed by atoms with E-state index in [1.807, 2.05) is 24.4 Å². The first-order valence-electron chi connectivity index (χ1n) is 10.1. The van der Waals surface area contributed by atoms with Crippen molar-refractivity contribution in [1.82, 2.24) is 20.4 Å². The number of carbonyl (C=O) groups excluding carboxylic acids is 2. The van der Waals surface area contributed by atoms with Gasteiger partial charge in [0.2, 0.25) is 5.91 Å². The van der Waals surface area contributed by atoms with Gasteiger partial charge in [0.1, 0.15) is 6.29 Å². The van der Waals surface area contributed by atoms with E-state index >= 15 is 0 Å². The molecule has 0 aliphatic carbocycles. The number of aromatic nitrogens is 2. The van der Waals surface area contributed by atoms with E-state index < -0.39 is 5.51 Å². The molecule has 0 saturated carbocycles. The summed E-state index contributed by atoms with van der Waals surface area (Å²) in [6, 6.07) is 5.71. The molecule has 0 spiro atoms. The Balaban J connectivity index is 1.60. The smallest absolute Gasteiger partial charge is 0.303 e. The van der Waals surface area contributed by atoms with E-state index in [2.05, 4.69) is 20.7 Å². The summed E-state index contributed by atoms with van der Waals surface area (Å²) in [5.41, 5.74) is 0.921. The van der Waals surface area contributed by atoms with E-state index in [1.165, 1.54) is 46.9 Å². The molecule has 0 aliphatic rings. The van der Waals surface area contributed by atoms with Crippen LogP contribution in [0, 0.1) is 6.92 Å². The highest BCUT2D eigenvalue weighted by Crippen LogP contribution is 2.37. The van der Waals surface area contributed by atoms with Gasteiger partial charge in [-0.05, 0) is 36.4 Å². The van der Waals surface area contributed by atoms with Gasteiger partial charge in [-0.2, -0.15) is 13.2 Å². The van der Waals surface area contributed by atoms with Crippen LogP contribution in [-0.2, 0) is 22.6 Å². The predicted octanol–water partition coefficient (Wildman–Crippen LogP) is 4.89. The summed E-state index contributed by atoms with van der Waals surface area (Å²) in [6.45, 7) is 2.96. The quantitative estimate of drug-likeness (QED) is 0.158. The number of nitrogens with one attached hydrogen (secondary N) is 2. The van der Waals surface area contributed by atoms with Crippen LogP contribution in [0.2, 0.25) is 0 Å². The molecule has 0 saturated heterocycles. The maximum Gasteiger partial charge on any atom is 0.446 e. The number of carbonyl (C=O) groups is 2. The Morgan fingerprint density at radius 1 is 1.24 bits per heavy atom. The van der Waals surface area contributed by atoms with Crippen LogP contribution in [0.25, 0.3) is 10.6 Å². The number of hydrazine groups is 1. The fraction of sp³-hybridized carbons (Fsp3) is 0.333. The van der Waals surface area contributed by atoms with E-state index in [0.717, 1.165) is 21.9 Å². The molecule has 13 heteroatoms. The van der Waals surface area contributed by atoms with Crippen molar-refractivity contribution in [2.45, 2.75) is 36.7 Å². The number of aryl methyl sites for hydroxylation is 1. The first-order valence-corrected chi connectivity index (χ1v) is 12.6. The number of thioether (sulfide) groups is 1. The van der Waals surface area contributed by atoms with Crippen molar-refractivity contribution in [3.05, 3.63) is 45.9 Å². The van der Waals surface area contributed by atoms with Crippen LogP contribution < -0.4 is 10.7 Å². The standard InChI is InChI=1S/C21H22F3N5O2S3/c1-13-26-16(11-29(2)25-8-3-9-30)19(33-13)17-12-32-20(27-17)28-18(31)10-14-4-6-15(7-5-14)34-21(22,23)24/h4-7,9,12,25H,3,8,10-11H2,1-2H3,(H,27,28,31). The lowest BCUT2D eigenvalue weighted by Gasteiger charge is -2.16. The first kappa shape index (κ1) is 26.3. The van der Waals surface area contributed by atoms with E-state index in [0.29, 0.717) is 35.9 Å². The normalized spacial score (nSPS) is 11.7. The van der Waals surface area contributed by atoms with Gasteiger partial charge >= 0.3 is 5.51 Å². The zero-order valence-electron chi connectivity index (χ0n) is 18.3. The van der Waals surface area contributed by atoms with Crippen molar-refractivity contribution in [3.8, 4) is 10.6 Å². The van der Waals surface area contributed by atoms with Crippen LogP contribution in [-0.4, -0.2) is 46.3 Å². The van der Waals surface area contributed by atoms with Gasteiger partial charge in [0.05, 0.1) is 34.2 Å². The number of halogens is 3. The monoisotopic (exact) mass is 529 g/mol. The summed E-state index contributed by atoms with van der Waals surface area (Å²) in [7, 11) is 1.87. The highest BCUT2D eigenvalue weighted by Gasteiger charge is 2.29. The Morgan fingerprint density at radius 2 is 1.97 bits per heavy atom. The Hall–Kier alpha value is -2.32. The summed E-state index contributed by atoms with van der Waals surface area (Å²) >= 11 is 2.60. The third-order valence-corrected chi connectivity index (χ3v) is 6.87. The number of thiazole rings is 2. The second-order valence-corrected chi connectivity index (χ2v) is 10.4. The van der Waals surface area contributed by atoms with Crippen LogP contribution >= 0.6 is 34.4 Å². The van der Waals surface area contributed by atoms with Gasteiger partial charge in [-0.25, -0.2) is 15.0 Å². The number of anilines is 1. The number of aldehydes is 1. The summed E-state index contributed by atoms with van der Waals surface area (Å²) in [4.78, 5) is 33.0. The largest absolute Gasteiger partial charge is 0.446 e. The molecule has 0 bridgehead atoms. The number of hydrogen-bond acceptors (Lipinski definition) is 9. The fourth-order valence-corrected chi connectivity index (χ4v) is 5.19. The molecule has 1 amide bonds. The van der Waals surface area contributed by atoms with Gasteiger partial charge in [-0.3, -0.25) is 10.2 Å². The Kier molecular flexibility index (Phi) is 9.19. The SMILES string of the molecule is Cc1nc(CN(C)NCCC=O)c(-c2csc(NC(=O)Cc3ccc(SC(F)(F)F)cc3)n2)s1. The molecule has 2 heterocycles. The molecule has 3 aromatic rings. The summed E-state index contributed by atoms with van der Waals surface area (Å²) in [5.74, 6) is -0.308. The zero-order valence-corrected chi connectivity index (χ0v) is 20.8. The molecule has 182 valence electrons. The summed E-state index contributed by atoms with van der Waals surface area (Å²) < 4.78 is 37.3. The van der Waals surface area contributed by atoms with Crippen molar-refractivity contribution < 1.29 is 22.8 Å². The van der Waals surface area contributed by atoms with Crippen LogP contribution in [0.1, 0.15) is 22.7 Å². The van der Waals surface area contributed by atoms with Gasteiger partial charge in [0, 0.05) is 30.3 Å². The maximum absolute atomic E-state index is 12.4. The minimum Gasteiger partial charge on any atom is -0.303 e. The van der Waals surface area contributed by atoms with Gasteiger partial charge in [0.15, 0.2) is 5.13 Å². The van der Waals surface area contributed by atoms with Crippen LogP contribution in [0.15, 0.2) is 34.5 Å². The molecule has 0 aliphatic heterocycles. The van der Waals surface area contributed by atoms with Gasteiger partial charge in [-0.15, -0.1) is 22.7 Å². The lowest BCUT2D eigenvalue weighted by atomic mass is 10.1. The van der Waals surface area contributed by atoms with Gasteiger partial charge in [0.25, 0.3) is 0 Å². The topological polar surface area (TPSA) is 87.2 Å². The van der Waals surface area contributed by atoms with E-state index in [4.69, 9.17) is 0 Å². The van der Waals surface area contributed by atoms with Crippen LogP contribution in [0.3, 0.4) is 0 Å². The molecule has 2 N–H and O–H groups in total. The average Bonchev–Trinajstić information content (AvgIpc) is 3.34. The molecule has 1 aromatic carbocycles. The predicted molar refractivity (Wildman–Crippen MR) is 129 cm³/mol. The summed E-state index contributed by atoms with van der Waals surface area (Å²) in [5, 5.41) is 7.76. The molecule has 0 unspecified atom stereocenters. The Morgan fingerprint density at radius 3 is 2.65 bits per heavy atom. The van der Waals surface area contributed by atoms with Gasteiger partial charge < -0.3 is 10.1 Å². The minimum atomic E-state index is -4.35. The van der Waals surface area contributed by atoms with Crippen molar-refractivity contribution in [2.75, 3.05) is 18.9 Å². The lowest BCUT2D eigenvalue weighted by molar-refractivity contribution is -0.115. The van der Waals surface area contributed by atoms with Crippen LogP contribution in [0.5, 0.6) is 0 Å². The van der Waals surface area contributed by atoms with Crippen molar-refractivity contribution in [1.29, 1.82) is 0 Å². The Bertz CT molecular complexity index is 1120. The minimum absolute atomic E-state index is 0.0219. The number of amides is 1. The molecule has 34 heavy (non-hydrogen) atoms. The molecule has 0 atom stereocenters. The number of rotatable bonds is 11. The third kappa shape index (κ3) is 8.17. The third-order valence-electron chi connectivity index (χ3n) is 4.34. The van der Waals surface area contributed by atoms with Crippen molar-refractivity contribution in [3.63, 3.8) is 0 Å². The highest BCUT2D eigenvalue weighted by molar-refractivity contribution is 8.00.